The quantitative estimate of drug-likeness (QED) is 0.698. The van der Waals surface area contributed by atoms with Gasteiger partial charge in [0.15, 0.2) is 0 Å². The van der Waals surface area contributed by atoms with E-state index in [0.717, 1.165) is 38.2 Å². The molecule has 0 atom stereocenters. The monoisotopic (exact) mass is 387 g/mol. The summed E-state index contributed by atoms with van der Waals surface area (Å²) in [5.74, 6) is 0.0982. The van der Waals surface area contributed by atoms with Crippen LogP contribution in [0.1, 0.15) is 17.5 Å². The Hall–Kier alpha value is -2.85. The lowest BCUT2D eigenvalue weighted by Crippen LogP contribution is -2.44. The lowest BCUT2D eigenvalue weighted by atomic mass is 10.0. The number of hydrogen-bond donors (Lipinski definition) is 1. The molecule has 0 unspecified atom stereocenters. The van der Waals surface area contributed by atoms with Crippen LogP contribution < -0.4 is 10.2 Å². The molecular weight excluding hydrogens is 358 g/mol. The van der Waals surface area contributed by atoms with Crippen LogP contribution in [0.5, 0.6) is 0 Å². The summed E-state index contributed by atoms with van der Waals surface area (Å²) in [7, 11) is 2.17. The molecule has 1 amide bonds. The molecule has 1 fully saturated rings. The third kappa shape index (κ3) is 4.96. The summed E-state index contributed by atoms with van der Waals surface area (Å²) in [6, 6.07) is 23.2. The van der Waals surface area contributed by atoms with Crippen LogP contribution in [0, 0.1) is 0 Å². The molecular formula is C25H29N3O. The van der Waals surface area contributed by atoms with Crippen LogP contribution >= 0.6 is 0 Å². The second-order valence-electron chi connectivity index (χ2n) is 7.87. The van der Waals surface area contributed by atoms with Crippen LogP contribution in [0.4, 0.5) is 5.69 Å². The van der Waals surface area contributed by atoms with E-state index in [0.29, 0.717) is 13.0 Å². The molecule has 0 spiro atoms. The number of anilines is 1. The maximum absolute atomic E-state index is 12.3. The Balaban J connectivity index is 1.27. The molecule has 0 aliphatic carbocycles. The average molecular weight is 388 g/mol. The number of amides is 1. The van der Waals surface area contributed by atoms with Gasteiger partial charge in [-0.1, -0.05) is 54.6 Å². The van der Waals surface area contributed by atoms with Crippen molar-refractivity contribution in [1.29, 1.82) is 0 Å². The summed E-state index contributed by atoms with van der Waals surface area (Å²) in [6.07, 6.45) is 1.27. The van der Waals surface area contributed by atoms with Crippen LogP contribution in [0.3, 0.4) is 0 Å². The largest absolute Gasteiger partial charge is 0.369 e. The molecule has 4 rings (SSSR count). The van der Waals surface area contributed by atoms with Crippen molar-refractivity contribution in [2.75, 3.05) is 38.1 Å². The molecule has 3 aromatic rings. The number of carbonyl (C=O) groups is 1. The number of piperazine rings is 1. The van der Waals surface area contributed by atoms with E-state index in [2.05, 4.69) is 82.8 Å². The van der Waals surface area contributed by atoms with Gasteiger partial charge in [0, 0.05) is 44.8 Å². The smallest absolute Gasteiger partial charge is 0.220 e. The van der Waals surface area contributed by atoms with Crippen LogP contribution in [0.25, 0.3) is 10.8 Å². The van der Waals surface area contributed by atoms with Gasteiger partial charge in [-0.05, 0) is 47.5 Å². The number of aryl methyl sites for hydroxylation is 1. The Morgan fingerprint density at radius 3 is 2.41 bits per heavy atom. The van der Waals surface area contributed by atoms with Crippen molar-refractivity contribution in [2.45, 2.75) is 19.4 Å². The van der Waals surface area contributed by atoms with Gasteiger partial charge in [0.2, 0.25) is 5.91 Å². The van der Waals surface area contributed by atoms with Gasteiger partial charge in [0.05, 0.1) is 0 Å². The Labute approximate surface area is 173 Å². The fraction of sp³-hybridized carbons (Fsp3) is 0.320. The highest BCUT2D eigenvalue weighted by atomic mass is 16.1. The van der Waals surface area contributed by atoms with Crippen molar-refractivity contribution in [3.63, 3.8) is 0 Å². The topological polar surface area (TPSA) is 35.6 Å². The summed E-state index contributed by atoms with van der Waals surface area (Å²) in [4.78, 5) is 17.1. The van der Waals surface area contributed by atoms with Gasteiger partial charge in [-0.3, -0.25) is 4.79 Å². The summed E-state index contributed by atoms with van der Waals surface area (Å²) < 4.78 is 0. The first-order valence-electron chi connectivity index (χ1n) is 10.4. The zero-order chi connectivity index (χ0) is 20.1. The molecule has 0 radical (unpaired) electrons. The standard InChI is InChI=1S/C25H29N3O/c1-27-15-17-28(18-16-27)23-12-9-20(10-13-23)19-26-25(29)14-11-22-7-4-6-21-5-2-3-8-24(21)22/h2-10,12-13H,11,14-19H2,1H3,(H,26,29). The van der Waals surface area contributed by atoms with Crippen LogP contribution in [-0.4, -0.2) is 44.0 Å². The van der Waals surface area contributed by atoms with Gasteiger partial charge in [-0.25, -0.2) is 0 Å². The molecule has 1 aliphatic heterocycles. The number of rotatable bonds is 6. The molecule has 1 N–H and O–H groups in total. The Kier molecular flexibility index (Phi) is 6.11. The number of nitrogens with one attached hydrogen (secondary N) is 1. The van der Waals surface area contributed by atoms with Crippen LogP contribution in [-0.2, 0) is 17.8 Å². The maximum atomic E-state index is 12.3. The molecule has 4 nitrogen and oxygen atoms in total. The van der Waals surface area contributed by atoms with E-state index in [-0.39, 0.29) is 5.91 Å². The van der Waals surface area contributed by atoms with Gasteiger partial charge in [-0.2, -0.15) is 0 Å². The molecule has 1 aliphatic rings. The summed E-state index contributed by atoms with van der Waals surface area (Å²) in [6.45, 7) is 4.93. The second kappa shape index (κ2) is 9.10. The van der Waals surface area contributed by atoms with E-state index in [4.69, 9.17) is 0 Å². The van der Waals surface area contributed by atoms with E-state index in [1.807, 2.05) is 6.07 Å². The normalized spacial score (nSPS) is 14.9. The summed E-state index contributed by atoms with van der Waals surface area (Å²) in [5.41, 5.74) is 3.64. The first-order valence-corrected chi connectivity index (χ1v) is 10.4. The van der Waals surface area contributed by atoms with Gasteiger partial charge >= 0.3 is 0 Å². The van der Waals surface area contributed by atoms with Crippen molar-refractivity contribution in [2.24, 2.45) is 0 Å². The third-order valence-corrected chi connectivity index (χ3v) is 5.80. The van der Waals surface area contributed by atoms with Crippen molar-refractivity contribution < 1.29 is 4.79 Å². The van der Waals surface area contributed by atoms with Gasteiger partial charge < -0.3 is 15.1 Å². The van der Waals surface area contributed by atoms with E-state index < -0.39 is 0 Å². The molecule has 0 saturated carbocycles. The first-order chi connectivity index (χ1) is 14.2. The lowest BCUT2D eigenvalue weighted by Gasteiger charge is -2.34. The first kappa shape index (κ1) is 19.5. The highest BCUT2D eigenvalue weighted by molar-refractivity contribution is 5.86. The highest BCUT2D eigenvalue weighted by Crippen LogP contribution is 2.20. The molecule has 1 heterocycles. The minimum absolute atomic E-state index is 0.0982. The number of nitrogens with zero attached hydrogens (tertiary/aromatic N) is 2. The van der Waals surface area contributed by atoms with Gasteiger partial charge in [-0.15, -0.1) is 0 Å². The maximum Gasteiger partial charge on any atom is 0.220 e. The lowest BCUT2D eigenvalue weighted by molar-refractivity contribution is -0.121. The minimum Gasteiger partial charge on any atom is -0.369 e. The number of likely N-dealkylation sites (N-methyl/N-ethyl adjacent to an activating group) is 1. The van der Waals surface area contributed by atoms with Gasteiger partial charge in [0.1, 0.15) is 0 Å². The zero-order valence-electron chi connectivity index (χ0n) is 17.1. The second-order valence-corrected chi connectivity index (χ2v) is 7.87. The van der Waals surface area contributed by atoms with Crippen molar-refractivity contribution >= 4 is 22.4 Å². The molecule has 150 valence electrons. The van der Waals surface area contributed by atoms with E-state index in [1.165, 1.54) is 22.0 Å². The Morgan fingerprint density at radius 1 is 0.897 bits per heavy atom. The van der Waals surface area contributed by atoms with Crippen molar-refractivity contribution in [3.05, 3.63) is 77.9 Å². The highest BCUT2D eigenvalue weighted by Gasteiger charge is 2.14. The SMILES string of the molecule is CN1CCN(c2ccc(CNC(=O)CCc3cccc4ccccc34)cc2)CC1. The fourth-order valence-electron chi connectivity index (χ4n) is 3.94. The van der Waals surface area contributed by atoms with Crippen molar-refractivity contribution in [3.8, 4) is 0 Å². The molecule has 3 aromatic carbocycles. The minimum atomic E-state index is 0.0982. The van der Waals surface area contributed by atoms with E-state index in [9.17, 15) is 4.79 Å². The van der Waals surface area contributed by atoms with Crippen LogP contribution in [0.2, 0.25) is 0 Å². The number of hydrogen-bond acceptors (Lipinski definition) is 3. The van der Waals surface area contributed by atoms with E-state index >= 15 is 0 Å². The number of benzene rings is 3. The average Bonchev–Trinajstić information content (AvgIpc) is 2.77. The van der Waals surface area contributed by atoms with E-state index in [1.54, 1.807) is 0 Å². The zero-order valence-corrected chi connectivity index (χ0v) is 17.1. The Bertz CT molecular complexity index is 954. The third-order valence-electron chi connectivity index (χ3n) is 5.80. The molecule has 1 saturated heterocycles. The summed E-state index contributed by atoms with van der Waals surface area (Å²) in [5, 5.41) is 5.53. The number of carbonyl (C=O) groups excluding carboxylic acids is 1. The fourth-order valence-corrected chi connectivity index (χ4v) is 3.94. The summed E-state index contributed by atoms with van der Waals surface area (Å²) >= 11 is 0. The molecule has 0 bridgehead atoms. The van der Waals surface area contributed by atoms with Crippen LogP contribution in [0.15, 0.2) is 66.7 Å². The van der Waals surface area contributed by atoms with Gasteiger partial charge in [0.25, 0.3) is 0 Å². The molecule has 0 aromatic heterocycles. The number of fused-ring (bicyclic) bond motifs is 1. The Morgan fingerprint density at radius 2 is 1.62 bits per heavy atom. The van der Waals surface area contributed by atoms with Crippen molar-refractivity contribution in [1.82, 2.24) is 10.2 Å². The predicted molar refractivity (Wildman–Crippen MR) is 120 cm³/mol. The molecule has 4 heteroatoms. The predicted octanol–water partition coefficient (Wildman–Crippen LogP) is 3.84. The molecule has 29 heavy (non-hydrogen) atoms.